The van der Waals surface area contributed by atoms with E-state index in [1.807, 2.05) is 18.2 Å². The monoisotopic (exact) mass is 590 g/mol. The largest absolute Gasteiger partial charge is 0.491 e. The summed E-state index contributed by atoms with van der Waals surface area (Å²) in [5.41, 5.74) is 8.31. The molecule has 0 radical (unpaired) electrons. The van der Waals surface area contributed by atoms with E-state index in [1.54, 1.807) is 18.2 Å². The van der Waals surface area contributed by atoms with Crippen molar-refractivity contribution in [2.45, 2.75) is 12.5 Å². The van der Waals surface area contributed by atoms with Gasteiger partial charge in [-0.1, -0.05) is 65.9 Å². The third-order valence-corrected chi connectivity index (χ3v) is 7.31. The molecule has 220 valence electrons. The fraction of sp³-hybridized carbons (Fsp3) is 0.312. The first-order valence-electron chi connectivity index (χ1n) is 13.7. The molecule has 3 N–H and O–H groups in total. The van der Waals surface area contributed by atoms with Gasteiger partial charge in [-0.15, -0.1) is 0 Å². The Morgan fingerprint density at radius 2 is 1.71 bits per heavy atom. The van der Waals surface area contributed by atoms with E-state index in [0.29, 0.717) is 29.5 Å². The summed E-state index contributed by atoms with van der Waals surface area (Å²) in [4.78, 5) is 28.2. The summed E-state index contributed by atoms with van der Waals surface area (Å²) in [5, 5.41) is 10.5. The highest BCUT2D eigenvalue weighted by molar-refractivity contribution is 6.30. The third-order valence-electron chi connectivity index (χ3n) is 7.06. The van der Waals surface area contributed by atoms with Crippen LogP contribution in [0.3, 0.4) is 0 Å². The lowest BCUT2D eigenvalue weighted by atomic mass is 9.96. The number of piperazine rings is 1. The van der Waals surface area contributed by atoms with Crippen LogP contribution >= 0.6 is 11.6 Å². The molecule has 1 heterocycles. The molecule has 3 aromatic rings. The molecule has 1 atom stereocenters. The summed E-state index contributed by atoms with van der Waals surface area (Å²) in [6.45, 7) is 4.68. The van der Waals surface area contributed by atoms with Gasteiger partial charge in [0.05, 0.1) is 19.7 Å². The minimum atomic E-state index is -0.942. The van der Waals surface area contributed by atoms with Crippen LogP contribution < -0.4 is 10.5 Å². The lowest BCUT2D eigenvalue weighted by Crippen LogP contribution is -2.48. The summed E-state index contributed by atoms with van der Waals surface area (Å²) in [7, 11) is 1.32. The van der Waals surface area contributed by atoms with Gasteiger partial charge in [-0.25, -0.2) is 14.7 Å². The molecule has 2 amide bonds. The summed E-state index contributed by atoms with van der Waals surface area (Å²) in [6, 6.07) is 22.9. The maximum atomic E-state index is 12.4. The van der Waals surface area contributed by atoms with Crippen molar-refractivity contribution < 1.29 is 24.3 Å². The van der Waals surface area contributed by atoms with Gasteiger partial charge in [0, 0.05) is 49.7 Å². The zero-order valence-electron chi connectivity index (χ0n) is 23.5. The van der Waals surface area contributed by atoms with E-state index in [1.165, 1.54) is 18.2 Å². The molecule has 0 bridgehead atoms. The second-order valence-electron chi connectivity index (χ2n) is 9.81. The Morgan fingerprint density at radius 1 is 1.02 bits per heavy atom. The Hall–Kier alpha value is -4.07. The number of esters is 1. The molecule has 3 aromatic carbocycles. The molecule has 1 saturated heterocycles. The highest BCUT2D eigenvalue weighted by atomic mass is 35.5. The molecule has 42 heavy (non-hydrogen) atoms. The molecule has 0 spiro atoms. The van der Waals surface area contributed by atoms with Crippen LogP contribution in [0, 0.1) is 11.8 Å². The topological polar surface area (TPSA) is 109 Å². The maximum absolute atomic E-state index is 12.4. The van der Waals surface area contributed by atoms with E-state index < -0.39 is 12.0 Å². The second-order valence-corrected chi connectivity index (χ2v) is 10.2. The Balaban J connectivity index is 1.33. The Bertz CT molecular complexity index is 1400. The number of benzene rings is 3. The number of hydrogen-bond donors (Lipinski definition) is 2. The highest BCUT2D eigenvalue weighted by Gasteiger charge is 2.26. The number of carbonyl (C=O) groups is 2. The average Bonchev–Trinajstić information content (AvgIpc) is 3.01. The van der Waals surface area contributed by atoms with Crippen LogP contribution in [0.15, 0.2) is 72.8 Å². The van der Waals surface area contributed by atoms with Crippen molar-refractivity contribution in [2.24, 2.45) is 5.73 Å². The number of rotatable bonds is 10. The van der Waals surface area contributed by atoms with Crippen molar-refractivity contribution in [1.29, 1.82) is 0 Å². The lowest BCUT2D eigenvalue weighted by molar-refractivity contribution is -0.0372. The fourth-order valence-corrected chi connectivity index (χ4v) is 4.99. The number of urea groups is 1. The lowest BCUT2D eigenvalue weighted by Gasteiger charge is -2.39. The molecule has 1 aliphatic heterocycles. The number of nitrogens with two attached hydrogens (primary N) is 1. The van der Waals surface area contributed by atoms with Gasteiger partial charge in [0.15, 0.2) is 0 Å². The van der Waals surface area contributed by atoms with E-state index in [-0.39, 0.29) is 24.6 Å². The predicted octanol–water partition coefficient (Wildman–Crippen LogP) is 4.42. The van der Waals surface area contributed by atoms with Crippen molar-refractivity contribution in [3.63, 3.8) is 0 Å². The zero-order valence-corrected chi connectivity index (χ0v) is 24.3. The van der Waals surface area contributed by atoms with Crippen LogP contribution in [0.4, 0.5) is 4.79 Å². The van der Waals surface area contributed by atoms with Crippen molar-refractivity contribution in [3.05, 3.63) is 100 Å². The SMILES string of the molecule is COC(=O)c1cc(C#CCCN(O)C(N)=O)ccc1OCCN1CCN([C@H](c2ccccc2)c2ccc(Cl)cc2)CC1. The predicted molar refractivity (Wildman–Crippen MR) is 161 cm³/mol. The van der Waals surface area contributed by atoms with Crippen molar-refractivity contribution in [2.75, 3.05) is 53.0 Å². The van der Waals surface area contributed by atoms with Gasteiger partial charge in [-0.2, -0.15) is 0 Å². The minimum absolute atomic E-state index is 0.0182. The number of amides is 2. The van der Waals surface area contributed by atoms with Crippen LogP contribution in [0.5, 0.6) is 5.75 Å². The molecular formula is C32H35ClN4O5. The first-order valence-corrected chi connectivity index (χ1v) is 14.1. The molecule has 0 saturated carbocycles. The van der Waals surface area contributed by atoms with Crippen LogP contribution in [-0.4, -0.2) is 85.1 Å². The standard InChI is InChI=1S/C32H35ClN4O5/c1-41-31(38)28-23-24(7-5-6-16-37(40)32(34)39)10-15-29(28)42-22-21-35-17-19-36(20-18-35)30(25-8-3-2-4-9-25)26-11-13-27(33)14-12-26/h2-4,8-15,23,30,40H,6,16-22H2,1H3,(H2,34,39)/t30-/m1/s1. The van der Waals surface area contributed by atoms with Gasteiger partial charge in [-0.3, -0.25) is 15.0 Å². The molecule has 1 fully saturated rings. The quantitative estimate of drug-likeness (QED) is 0.156. The highest BCUT2D eigenvalue weighted by Crippen LogP contribution is 2.30. The number of methoxy groups -OCH3 is 1. The number of hydroxylamine groups is 2. The van der Waals surface area contributed by atoms with Crippen LogP contribution in [-0.2, 0) is 4.74 Å². The maximum Gasteiger partial charge on any atom is 0.341 e. The third kappa shape index (κ3) is 8.47. The number of carbonyl (C=O) groups excluding carboxylic acids is 2. The van der Waals surface area contributed by atoms with Gasteiger partial charge >= 0.3 is 12.0 Å². The number of nitrogens with zero attached hydrogens (tertiary/aromatic N) is 3. The smallest absolute Gasteiger partial charge is 0.341 e. The molecular weight excluding hydrogens is 556 g/mol. The van der Waals surface area contributed by atoms with Crippen LogP contribution in [0.25, 0.3) is 0 Å². The van der Waals surface area contributed by atoms with E-state index >= 15 is 0 Å². The van der Waals surface area contributed by atoms with E-state index in [4.69, 9.17) is 26.8 Å². The normalized spacial score (nSPS) is 14.4. The number of ether oxygens (including phenoxy) is 2. The first-order chi connectivity index (χ1) is 20.4. The average molecular weight is 591 g/mol. The van der Waals surface area contributed by atoms with Gasteiger partial charge in [0.2, 0.25) is 0 Å². The van der Waals surface area contributed by atoms with E-state index in [0.717, 1.165) is 31.2 Å². The summed E-state index contributed by atoms with van der Waals surface area (Å²) in [6.07, 6.45) is 0.213. The zero-order chi connectivity index (χ0) is 29.9. The molecule has 9 nitrogen and oxygen atoms in total. The van der Waals surface area contributed by atoms with Gasteiger partial charge < -0.3 is 15.2 Å². The fourth-order valence-electron chi connectivity index (χ4n) is 4.86. The summed E-state index contributed by atoms with van der Waals surface area (Å²) >= 11 is 6.16. The van der Waals surface area contributed by atoms with Crippen molar-refractivity contribution in [1.82, 2.24) is 14.9 Å². The van der Waals surface area contributed by atoms with Crippen molar-refractivity contribution in [3.8, 4) is 17.6 Å². The van der Waals surface area contributed by atoms with E-state index in [2.05, 4.69) is 58.0 Å². The van der Waals surface area contributed by atoms with Gasteiger partial charge in [-0.05, 0) is 41.5 Å². The molecule has 0 aliphatic carbocycles. The number of hydrogen-bond acceptors (Lipinski definition) is 7. The Morgan fingerprint density at radius 3 is 2.38 bits per heavy atom. The van der Waals surface area contributed by atoms with Gasteiger partial charge in [0.1, 0.15) is 17.9 Å². The van der Waals surface area contributed by atoms with E-state index in [9.17, 15) is 14.8 Å². The Labute approximate surface area is 251 Å². The minimum Gasteiger partial charge on any atom is -0.491 e. The summed E-state index contributed by atoms with van der Waals surface area (Å²) in [5.74, 6) is 5.66. The number of primary amides is 1. The molecule has 0 aromatic heterocycles. The summed E-state index contributed by atoms with van der Waals surface area (Å²) < 4.78 is 11.0. The molecule has 4 rings (SSSR count). The Kier molecular flexibility index (Phi) is 11.2. The van der Waals surface area contributed by atoms with Crippen molar-refractivity contribution >= 4 is 23.6 Å². The second kappa shape index (κ2) is 15.2. The molecule has 1 aliphatic rings. The molecule has 0 unspecified atom stereocenters. The molecule has 10 heteroatoms. The van der Waals surface area contributed by atoms with Gasteiger partial charge in [0.25, 0.3) is 0 Å². The number of halogens is 1. The van der Waals surface area contributed by atoms with Crippen LogP contribution in [0.2, 0.25) is 5.02 Å². The van der Waals surface area contributed by atoms with Crippen LogP contribution in [0.1, 0.15) is 39.5 Å². The first kappa shape index (κ1) is 30.9.